The maximum Gasteiger partial charge on any atom is 0.379 e. The molecule has 3 rings (SSSR count). The van der Waals surface area contributed by atoms with E-state index in [1.54, 1.807) is 24.1 Å². The zero-order valence-electron chi connectivity index (χ0n) is 13.9. The van der Waals surface area contributed by atoms with Crippen LogP contribution in [0.2, 0.25) is 0 Å². The van der Waals surface area contributed by atoms with Crippen molar-refractivity contribution >= 4 is 17.7 Å². The average Bonchev–Trinajstić information content (AvgIpc) is 2.83. The van der Waals surface area contributed by atoms with Gasteiger partial charge in [0, 0.05) is 25.0 Å². The number of aromatic nitrogens is 4. The quantitative estimate of drug-likeness (QED) is 0.789. The van der Waals surface area contributed by atoms with Crippen LogP contribution >= 0.6 is 0 Å². The van der Waals surface area contributed by atoms with Gasteiger partial charge in [0.15, 0.2) is 6.10 Å². The molecule has 3 heterocycles. The third-order valence-corrected chi connectivity index (χ3v) is 4.16. The second-order valence-corrected chi connectivity index (χ2v) is 6.02. The topological polar surface area (TPSA) is 89.7 Å². The van der Waals surface area contributed by atoms with Gasteiger partial charge in [-0.25, -0.2) is 14.3 Å². The van der Waals surface area contributed by atoms with E-state index in [2.05, 4.69) is 15.1 Å². The van der Waals surface area contributed by atoms with Crippen molar-refractivity contribution in [3.8, 4) is 0 Å². The predicted octanol–water partition coefficient (Wildman–Crippen LogP) is 1.38. The zero-order chi connectivity index (χ0) is 17.1. The van der Waals surface area contributed by atoms with Crippen molar-refractivity contribution in [2.24, 2.45) is 0 Å². The molecule has 0 unspecified atom stereocenters. The van der Waals surface area contributed by atoms with Gasteiger partial charge in [-0.2, -0.15) is 4.98 Å². The van der Waals surface area contributed by atoms with Crippen LogP contribution < -0.4 is 0 Å². The summed E-state index contributed by atoms with van der Waals surface area (Å²) in [6.45, 7) is 4.86. The first kappa shape index (κ1) is 16.4. The molecule has 8 heteroatoms. The molecule has 1 amide bonds. The molecule has 0 aromatic carbocycles. The Balaban J connectivity index is 1.68. The van der Waals surface area contributed by atoms with Crippen LogP contribution in [0.3, 0.4) is 0 Å². The maximum atomic E-state index is 12.4. The van der Waals surface area contributed by atoms with Gasteiger partial charge < -0.3 is 9.64 Å². The highest BCUT2D eigenvalue weighted by Gasteiger charge is 2.26. The van der Waals surface area contributed by atoms with Crippen molar-refractivity contribution in [1.29, 1.82) is 0 Å². The van der Waals surface area contributed by atoms with Gasteiger partial charge in [0.25, 0.3) is 17.5 Å². The van der Waals surface area contributed by atoms with Gasteiger partial charge in [-0.05, 0) is 32.8 Å². The monoisotopic (exact) mass is 331 g/mol. The second-order valence-electron chi connectivity index (χ2n) is 6.02. The number of esters is 1. The minimum absolute atomic E-state index is 0.0904. The van der Waals surface area contributed by atoms with Crippen LogP contribution in [-0.4, -0.2) is 55.6 Å². The van der Waals surface area contributed by atoms with Crippen LogP contribution in [0.5, 0.6) is 0 Å². The van der Waals surface area contributed by atoms with E-state index < -0.39 is 12.1 Å². The largest absolute Gasteiger partial charge is 0.447 e. The number of hydrogen-bond acceptors (Lipinski definition) is 6. The summed E-state index contributed by atoms with van der Waals surface area (Å²) in [6.07, 6.45) is 5.00. The fourth-order valence-electron chi connectivity index (χ4n) is 2.80. The fraction of sp³-hybridized carbons (Fsp3) is 0.562. The summed E-state index contributed by atoms with van der Waals surface area (Å²) in [4.78, 5) is 34.5. The summed E-state index contributed by atoms with van der Waals surface area (Å²) in [5.41, 5.74) is 0.806. The summed E-state index contributed by atoms with van der Waals surface area (Å²) in [7, 11) is 0. The summed E-state index contributed by atoms with van der Waals surface area (Å²) in [5.74, 6) is -0.639. The summed E-state index contributed by atoms with van der Waals surface area (Å²) < 4.78 is 6.74. The van der Waals surface area contributed by atoms with E-state index in [9.17, 15) is 9.59 Å². The lowest BCUT2D eigenvalue weighted by molar-refractivity contribution is -0.139. The molecule has 2 aromatic rings. The number of carbonyl (C=O) groups is 2. The van der Waals surface area contributed by atoms with Crippen molar-refractivity contribution < 1.29 is 14.3 Å². The van der Waals surface area contributed by atoms with E-state index in [0.29, 0.717) is 5.78 Å². The van der Waals surface area contributed by atoms with Crippen LogP contribution in [-0.2, 0) is 9.53 Å². The number of rotatable bonds is 3. The number of likely N-dealkylation sites (tertiary alicyclic amines) is 1. The summed E-state index contributed by atoms with van der Waals surface area (Å²) >= 11 is 0. The average molecular weight is 331 g/mol. The Labute approximate surface area is 139 Å². The number of carbonyl (C=O) groups excluding carboxylic acids is 2. The molecule has 0 radical (unpaired) electrons. The molecule has 0 saturated carbocycles. The van der Waals surface area contributed by atoms with E-state index in [4.69, 9.17) is 4.74 Å². The van der Waals surface area contributed by atoms with Gasteiger partial charge in [-0.3, -0.25) is 4.79 Å². The first-order chi connectivity index (χ1) is 11.6. The van der Waals surface area contributed by atoms with Gasteiger partial charge in [-0.15, -0.1) is 5.10 Å². The first-order valence-electron chi connectivity index (χ1n) is 8.24. The Morgan fingerprint density at radius 3 is 2.58 bits per heavy atom. The molecule has 24 heavy (non-hydrogen) atoms. The molecule has 1 fully saturated rings. The van der Waals surface area contributed by atoms with E-state index in [1.807, 2.05) is 6.92 Å². The van der Waals surface area contributed by atoms with E-state index in [-0.39, 0.29) is 11.7 Å². The molecule has 0 N–H and O–H groups in total. The molecule has 1 aliphatic heterocycles. The Morgan fingerprint density at radius 2 is 1.92 bits per heavy atom. The number of nitrogens with zero attached hydrogens (tertiary/aromatic N) is 5. The molecule has 8 nitrogen and oxygen atoms in total. The predicted molar refractivity (Wildman–Crippen MR) is 85.4 cm³/mol. The zero-order valence-corrected chi connectivity index (χ0v) is 13.9. The van der Waals surface area contributed by atoms with Gasteiger partial charge in [0.2, 0.25) is 0 Å². The molecule has 1 saturated heterocycles. The Kier molecular flexibility index (Phi) is 4.73. The maximum absolute atomic E-state index is 12.4. The van der Waals surface area contributed by atoms with E-state index in [1.165, 1.54) is 4.52 Å². The molecule has 0 spiro atoms. The van der Waals surface area contributed by atoms with Crippen molar-refractivity contribution in [2.75, 3.05) is 13.1 Å². The first-order valence-corrected chi connectivity index (χ1v) is 8.24. The second kappa shape index (κ2) is 6.94. The smallest absolute Gasteiger partial charge is 0.379 e. The number of aryl methyl sites for hydroxylation is 1. The molecule has 1 atom stereocenters. The van der Waals surface area contributed by atoms with Crippen molar-refractivity contribution in [3.63, 3.8) is 0 Å². The van der Waals surface area contributed by atoms with Gasteiger partial charge in [0.05, 0.1) is 0 Å². The fourth-order valence-corrected chi connectivity index (χ4v) is 2.80. The highest BCUT2D eigenvalue weighted by Crippen LogP contribution is 2.12. The number of ether oxygens (including phenoxy) is 1. The highest BCUT2D eigenvalue weighted by molar-refractivity contribution is 5.89. The minimum Gasteiger partial charge on any atom is -0.447 e. The lowest BCUT2D eigenvalue weighted by atomic mass is 10.2. The number of fused-ring (bicyclic) bond motifs is 1. The molecular weight excluding hydrogens is 310 g/mol. The Morgan fingerprint density at radius 1 is 1.21 bits per heavy atom. The summed E-state index contributed by atoms with van der Waals surface area (Å²) in [6, 6.07) is 1.77. The normalized spacial score (nSPS) is 16.7. The van der Waals surface area contributed by atoms with Crippen LogP contribution in [0, 0.1) is 6.92 Å². The van der Waals surface area contributed by atoms with Crippen molar-refractivity contribution in [1.82, 2.24) is 24.5 Å². The molecule has 128 valence electrons. The Bertz CT molecular complexity index is 749. The van der Waals surface area contributed by atoms with Crippen LogP contribution in [0.1, 0.15) is 48.9 Å². The summed E-state index contributed by atoms with van der Waals surface area (Å²) in [5, 5.41) is 4.10. The van der Waals surface area contributed by atoms with Gasteiger partial charge in [0.1, 0.15) is 0 Å². The standard InChI is InChI=1S/C16H21N5O3/c1-11-7-8-17-16-18-13(19-21(11)16)15(23)24-12(2)14(22)20-9-5-3-4-6-10-20/h7-8,12H,3-6,9-10H2,1-2H3/t12-/m1/s1. The minimum atomic E-state index is -0.851. The van der Waals surface area contributed by atoms with E-state index in [0.717, 1.165) is 44.5 Å². The third-order valence-electron chi connectivity index (χ3n) is 4.16. The molecule has 1 aliphatic rings. The Hall–Kier alpha value is -2.51. The lowest BCUT2D eigenvalue weighted by Gasteiger charge is -2.23. The molecule has 0 bridgehead atoms. The van der Waals surface area contributed by atoms with Gasteiger partial charge >= 0.3 is 5.97 Å². The molecule has 2 aromatic heterocycles. The highest BCUT2D eigenvalue weighted by atomic mass is 16.5. The molecular formula is C16H21N5O3. The van der Waals surface area contributed by atoms with Crippen LogP contribution in [0.15, 0.2) is 12.3 Å². The van der Waals surface area contributed by atoms with E-state index >= 15 is 0 Å². The SMILES string of the molecule is Cc1ccnc2nc(C(=O)O[C@H](C)C(=O)N3CCCCCC3)nn12. The third kappa shape index (κ3) is 3.37. The van der Waals surface area contributed by atoms with Gasteiger partial charge in [-0.1, -0.05) is 12.8 Å². The van der Waals surface area contributed by atoms with Crippen molar-refractivity contribution in [3.05, 3.63) is 23.8 Å². The van der Waals surface area contributed by atoms with Crippen LogP contribution in [0.25, 0.3) is 5.78 Å². The molecule has 0 aliphatic carbocycles. The lowest BCUT2D eigenvalue weighted by Crippen LogP contribution is -2.40. The number of amides is 1. The van der Waals surface area contributed by atoms with Crippen LogP contribution in [0.4, 0.5) is 0 Å². The van der Waals surface area contributed by atoms with Crippen molar-refractivity contribution in [2.45, 2.75) is 45.6 Å². The number of hydrogen-bond donors (Lipinski definition) is 0.